The molecule has 1 fully saturated rings. The first-order valence-corrected chi connectivity index (χ1v) is 8.27. The first kappa shape index (κ1) is 16.5. The van der Waals surface area contributed by atoms with Gasteiger partial charge >= 0.3 is 0 Å². The summed E-state index contributed by atoms with van der Waals surface area (Å²) in [6.07, 6.45) is 1.97. The zero-order valence-electron chi connectivity index (χ0n) is 14.0. The van der Waals surface area contributed by atoms with Crippen LogP contribution < -0.4 is 10.9 Å². The fraction of sp³-hybridized carbons (Fsp3) is 0.368. The summed E-state index contributed by atoms with van der Waals surface area (Å²) < 4.78 is 5.57. The maximum absolute atomic E-state index is 12.3. The number of H-pyrrole nitrogens is 1. The Hall–Kier alpha value is -2.40. The van der Waals surface area contributed by atoms with Crippen molar-refractivity contribution in [1.29, 1.82) is 0 Å². The summed E-state index contributed by atoms with van der Waals surface area (Å²) in [4.78, 5) is 27.4. The lowest BCUT2D eigenvalue weighted by atomic mass is 10.1. The normalized spacial score (nSPS) is 18.3. The van der Waals surface area contributed by atoms with Crippen molar-refractivity contribution in [1.82, 2.24) is 10.3 Å². The summed E-state index contributed by atoms with van der Waals surface area (Å²) in [7, 11) is 0. The number of hydrogen-bond donors (Lipinski definition) is 2. The maximum atomic E-state index is 12.3. The predicted molar refractivity (Wildman–Crippen MR) is 93.1 cm³/mol. The Morgan fingerprint density at radius 3 is 2.83 bits per heavy atom. The summed E-state index contributed by atoms with van der Waals surface area (Å²) in [5.74, 6) is -0.366. The van der Waals surface area contributed by atoms with Crippen molar-refractivity contribution in [2.24, 2.45) is 0 Å². The Morgan fingerprint density at radius 2 is 2.17 bits per heavy atom. The average molecular weight is 326 g/mol. The third-order valence-corrected chi connectivity index (χ3v) is 4.36. The average Bonchev–Trinajstić information content (AvgIpc) is 3.09. The van der Waals surface area contributed by atoms with Gasteiger partial charge in [0.05, 0.1) is 12.1 Å². The lowest BCUT2D eigenvalue weighted by Gasteiger charge is -2.19. The molecule has 24 heavy (non-hydrogen) atoms. The highest BCUT2D eigenvalue weighted by Crippen LogP contribution is 2.18. The van der Waals surface area contributed by atoms with Crippen molar-refractivity contribution in [3.63, 3.8) is 0 Å². The second-order valence-corrected chi connectivity index (χ2v) is 6.30. The molecule has 1 saturated heterocycles. The van der Waals surface area contributed by atoms with Crippen molar-refractivity contribution >= 4 is 5.91 Å². The number of rotatable bonds is 4. The van der Waals surface area contributed by atoms with Crippen molar-refractivity contribution in [2.45, 2.75) is 38.8 Å². The maximum Gasteiger partial charge on any atom is 0.261 e. The molecule has 0 spiro atoms. The van der Waals surface area contributed by atoms with Crippen LogP contribution in [0.25, 0.3) is 11.3 Å². The summed E-state index contributed by atoms with van der Waals surface area (Å²) in [5, 5.41) is 2.86. The van der Waals surface area contributed by atoms with E-state index < -0.39 is 0 Å². The predicted octanol–water partition coefficient (Wildman–Crippen LogP) is 2.65. The molecule has 0 aliphatic carbocycles. The van der Waals surface area contributed by atoms with Crippen molar-refractivity contribution < 1.29 is 9.53 Å². The molecule has 1 aromatic heterocycles. The van der Waals surface area contributed by atoms with Crippen LogP contribution in [-0.2, 0) is 4.74 Å². The van der Waals surface area contributed by atoms with E-state index in [0.717, 1.165) is 30.6 Å². The number of carbonyl (C=O) groups is 1. The fourth-order valence-corrected chi connectivity index (χ4v) is 3.01. The van der Waals surface area contributed by atoms with E-state index in [2.05, 4.69) is 10.3 Å². The second-order valence-electron chi connectivity index (χ2n) is 6.30. The number of carbonyl (C=O) groups excluding carboxylic acids is 1. The Kier molecular flexibility index (Phi) is 4.81. The van der Waals surface area contributed by atoms with E-state index in [1.54, 1.807) is 12.1 Å². The molecule has 1 amide bonds. The molecule has 2 unspecified atom stereocenters. The highest BCUT2D eigenvalue weighted by atomic mass is 16.5. The molecule has 2 aromatic rings. The number of amides is 1. The van der Waals surface area contributed by atoms with Crippen molar-refractivity contribution in [3.8, 4) is 11.3 Å². The van der Waals surface area contributed by atoms with E-state index in [9.17, 15) is 9.59 Å². The van der Waals surface area contributed by atoms with Crippen LogP contribution in [0.15, 0.2) is 41.2 Å². The van der Waals surface area contributed by atoms with Gasteiger partial charge in [-0.3, -0.25) is 9.59 Å². The van der Waals surface area contributed by atoms with E-state index in [0.29, 0.717) is 5.69 Å². The molecule has 0 radical (unpaired) electrons. The quantitative estimate of drug-likeness (QED) is 0.907. The zero-order valence-corrected chi connectivity index (χ0v) is 14.0. The molecule has 2 heterocycles. The van der Waals surface area contributed by atoms with E-state index in [1.807, 2.05) is 38.1 Å². The molecule has 3 rings (SSSR count). The molecule has 1 aliphatic heterocycles. The van der Waals surface area contributed by atoms with Gasteiger partial charge in [0.15, 0.2) is 0 Å². The lowest BCUT2D eigenvalue weighted by Crippen LogP contribution is -2.42. The minimum Gasteiger partial charge on any atom is -0.376 e. The van der Waals surface area contributed by atoms with E-state index in [4.69, 9.17) is 4.74 Å². The lowest BCUT2D eigenvalue weighted by molar-refractivity contribution is 0.0711. The largest absolute Gasteiger partial charge is 0.376 e. The zero-order chi connectivity index (χ0) is 17.1. The van der Waals surface area contributed by atoms with Crippen molar-refractivity contribution in [2.75, 3.05) is 6.61 Å². The van der Waals surface area contributed by atoms with E-state index in [-0.39, 0.29) is 29.2 Å². The molecule has 0 bridgehead atoms. The van der Waals surface area contributed by atoms with Gasteiger partial charge in [0.25, 0.3) is 11.5 Å². The minimum atomic E-state index is -0.383. The van der Waals surface area contributed by atoms with Crippen LogP contribution in [0.3, 0.4) is 0 Å². The number of aryl methyl sites for hydroxylation is 1. The van der Waals surface area contributed by atoms with Crippen LogP contribution in [-0.4, -0.2) is 29.6 Å². The van der Waals surface area contributed by atoms with Gasteiger partial charge in [0.1, 0.15) is 5.56 Å². The van der Waals surface area contributed by atoms with Gasteiger partial charge in [-0.25, -0.2) is 0 Å². The third kappa shape index (κ3) is 3.57. The van der Waals surface area contributed by atoms with Crippen LogP contribution in [0.5, 0.6) is 0 Å². The topological polar surface area (TPSA) is 71.2 Å². The van der Waals surface area contributed by atoms with Gasteiger partial charge in [-0.2, -0.15) is 0 Å². The number of ether oxygens (including phenoxy) is 1. The van der Waals surface area contributed by atoms with Gasteiger partial charge in [-0.1, -0.05) is 23.8 Å². The highest BCUT2D eigenvalue weighted by Gasteiger charge is 2.24. The van der Waals surface area contributed by atoms with Gasteiger partial charge in [0, 0.05) is 12.3 Å². The van der Waals surface area contributed by atoms with E-state index >= 15 is 0 Å². The molecule has 5 nitrogen and oxygen atoms in total. The summed E-state index contributed by atoms with van der Waals surface area (Å²) in [6, 6.07) is 11.1. The van der Waals surface area contributed by atoms with Crippen LogP contribution in [0.4, 0.5) is 0 Å². The van der Waals surface area contributed by atoms with Crippen LogP contribution in [0.2, 0.25) is 0 Å². The van der Waals surface area contributed by atoms with Crippen molar-refractivity contribution in [3.05, 3.63) is 57.9 Å². The first-order valence-electron chi connectivity index (χ1n) is 8.27. The number of aromatic nitrogens is 1. The number of hydrogen-bond acceptors (Lipinski definition) is 3. The van der Waals surface area contributed by atoms with Crippen LogP contribution in [0.1, 0.15) is 35.7 Å². The molecule has 1 aliphatic rings. The van der Waals surface area contributed by atoms with Gasteiger partial charge < -0.3 is 15.0 Å². The number of nitrogens with one attached hydrogen (secondary N) is 2. The number of benzene rings is 1. The van der Waals surface area contributed by atoms with Gasteiger partial charge in [0.2, 0.25) is 0 Å². The summed E-state index contributed by atoms with van der Waals surface area (Å²) in [6.45, 7) is 4.63. The molecule has 5 heteroatoms. The minimum absolute atomic E-state index is 0.0274. The van der Waals surface area contributed by atoms with Gasteiger partial charge in [-0.15, -0.1) is 0 Å². The smallest absolute Gasteiger partial charge is 0.261 e. The number of pyridine rings is 1. The third-order valence-electron chi connectivity index (χ3n) is 4.36. The number of aromatic amines is 1. The first-order chi connectivity index (χ1) is 11.5. The summed E-state index contributed by atoms with van der Waals surface area (Å²) in [5.41, 5.74) is 2.47. The molecule has 126 valence electrons. The molecule has 1 aromatic carbocycles. The summed E-state index contributed by atoms with van der Waals surface area (Å²) >= 11 is 0. The standard InChI is InChI=1S/C19H22N2O3/c1-12-5-3-6-14(11-12)16-9-8-15(19(23)21-16)18(22)20-13(2)17-7-4-10-24-17/h3,5-6,8-9,11,13,17H,4,7,10H2,1-2H3,(H,20,22)(H,21,23). The molecule has 2 atom stereocenters. The van der Waals surface area contributed by atoms with E-state index in [1.165, 1.54) is 0 Å². The van der Waals surface area contributed by atoms with Gasteiger partial charge in [-0.05, 0) is 50.5 Å². The monoisotopic (exact) mass is 326 g/mol. The highest BCUT2D eigenvalue weighted by molar-refractivity contribution is 5.94. The SMILES string of the molecule is Cc1cccc(-c2ccc(C(=O)NC(C)C3CCCO3)c(=O)[nH]2)c1. The van der Waals surface area contributed by atoms with Crippen LogP contribution >= 0.6 is 0 Å². The Balaban J connectivity index is 1.77. The Labute approximate surface area is 141 Å². The molecular formula is C19H22N2O3. The molecular weight excluding hydrogens is 304 g/mol. The second kappa shape index (κ2) is 7.01. The molecule has 0 saturated carbocycles. The Morgan fingerprint density at radius 1 is 1.33 bits per heavy atom. The molecule has 2 N–H and O–H groups in total. The van der Waals surface area contributed by atoms with Crippen LogP contribution in [0, 0.1) is 6.92 Å². The Bertz CT molecular complexity index is 791. The fourth-order valence-electron chi connectivity index (χ4n) is 3.01.